The van der Waals surface area contributed by atoms with Crippen LogP contribution in [-0.2, 0) is 17.6 Å². The fraction of sp³-hybridized carbons (Fsp3) is 0.286. The topological polar surface area (TPSA) is 39.2 Å². The second-order valence-electron chi connectivity index (χ2n) is 8.76. The number of nitrogens with zero attached hydrogens (tertiary/aromatic N) is 4. The zero-order chi connectivity index (χ0) is 23.5. The first kappa shape index (κ1) is 22.1. The van der Waals surface area contributed by atoms with E-state index in [-0.39, 0.29) is 11.7 Å². The molecule has 1 fully saturated rings. The Bertz CT molecular complexity index is 1190. The lowest BCUT2D eigenvalue weighted by molar-refractivity contribution is -0.118. The lowest BCUT2D eigenvalue weighted by Crippen LogP contribution is -2.53. The summed E-state index contributed by atoms with van der Waals surface area (Å²) in [4.78, 5) is 24.6. The maximum Gasteiger partial charge on any atom is 0.259 e. The molecule has 174 valence electrons. The fourth-order valence-corrected chi connectivity index (χ4v) is 4.71. The molecule has 1 unspecified atom stereocenters. The molecular formula is C28H29FN4O. The number of aryl methyl sites for hydroxylation is 1. The van der Waals surface area contributed by atoms with Crippen LogP contribution in [0.4, 0.5) is 15.8 Å². The Hall–Kier alpha value is -3.67. The van der Waals surface area contributed by atoms with Crippen molar-refractivity contribution in [3.05, 3.63) is 95.8 Å². The van der Waals surface area contributed by atoms with Crippen molar-refractivity contribution in [3.8, 4) is 0 Å². The minimum Gasteiger partial charge on any atom is -0.366 e. The van der Waals surface area contributed by atoms with Crippen molar-refractivity contribution < 1.29 is 9.18 Å². The predicted octanol–water partition coefficient (Wildman–Crippen LogP) is 4.52. The number of carbonyl (C=O) groups is 1. The molecule has 34 heavy (non-hydrogen) atoms. The summed E-state index contributed by atoms with van der Waals surface area (Å²) in [6, 6.07) is 24.6. The van der Waals surface area contributed by atoms with Crippen LogP contribution in [0.1, 0.15) is 18.1 Å². The molecule has 0 aromatic heterocycles. The maximum atomic E-state index is 14.3. The highest BCUT2D eigenvalue weighted by molar-refractivity contribution is 6.22. The number of aliphatic imine (C=N–C) groups is 1. The zero-order valence-corrected chi connectivity index (χ0v) is 19.4. The smallest absolute Gasteiger partial charge is 0.259 e. The van der Waals surface area contributed by atoms with Gasteiger partial charge in [0.05, 0.1) is 11.4 Å². The molecule has 2 aliphatic heterocycles. The normalized spacial score (nSPS) is 18.4. The lowest BCUT2D eigenvalue weighted by atomic mass is 10.1. The third-order valence-electron chi connectivity index (χ3n) is 6.58. The van der Waals surface area contributed by atoms with E-state index in [4.69, 9.17) is 4.99 Å². The minimum atomic E-state index is -0.452. The van der Waals surface area contributed by atoms with Gasteiger partial charge in [-0.25, -0.2) is 14.3 Å². The van der Waals surface area contributed by atoms with E-state index in [2.05, 4.69) is 28.9 Å². The number of amides is 1. The molecule has 0 radical (unpaired) electrons. The largest absolute Gasteiger partial charge is 0.366 e. The standard InChI is InChI=1S/C28H29FN4O/c1-2-21-11-8-12-23(19-21)33-27(34)25(20-22-9-4-3-5-10-22)30-28(33)32-17-15-31(16-18-32)26-14-7-6-13-24(26)29/h3-14,19,25H,2,15-18,20H2,1H3. The second kappa shape index (κ2) is 9.67. The second-order valence-corrected chi connectivity index (χ2v) is 8.76. The molecule has 6 heteroatoms. The molecule has 0 aliphatic carbocycles. The van der Waals surface area contributed by atoms with Crippen LogP contribution in [-0.4, -0.2) is 49.0 Å². The zero-order valence-electron chi connectivity index (χ0n) is 19.4. The van der Waals surface area contributed by atoms with Gasteiger partial charge in [0.25, 0.3) is 5.91 Å². The summed E-state index contributed by atoms with van der Waals surface area (Å²) in [5.74, 6) is 0.501. The van der Waals surface area contributed by atoms with Crippen molar-refractivity contribution in [2.75, 3.05) is 36.0 Å². The van der Waals surface area contributed by atoms with Crippen LogP contribution in [0.15, 0.2) is 83.9 Å². The van der Waals surface area contributed by atoms with Crippen molar-refractivity contribution >= 4 is 23.2 Å². The number of anilines is 2. The average molecular weight is 457 g/mol. The maximum absolute atomic E-state index is 14.3. The third-order valence-corrected chi connectivity index (χ3v) is 6.58. The highest BCUT2D eigenvalue weighted by Gasteiger charge is 2.39. The van der Waals surface area contributed by atoms with E-state index in [0.717, 1.165) is 17.7 Å². The van der Waals surface area contributed by atoms with E-state index in [1.165, 1.54) is 11.6 Å². The summed E-state index contributed by atoms with van der Waals surface area (Å²) in [5, 5.41) is 0. The number of piperazine rings is 1. The first-order valence-electron chi connectivity index (χ1n) is 11.9. The molecule has 1 saturated heterocycles. The Labute approximate surface area is 200 Å². The summed E-state index contributed by atoms with van der Waals surface area (Å²) >= 11 is 0. The Morgan fingerprint density at radius 2 is 1.53 bits per heavy atom. The predicted molar refractivity (Wildman–Crippen MR) is 135 cm³/mol. The van der Waals surface area contributed by atoms with Crippen LogP contribution in [0.25, 0.3) is 0 Å². The SMILES string of the molecule is CCc1cccc(N2C(=O)C(Cc3ccccc3)N=C2N2CCN(c3ccccc3F)CC2)c1. The van der Waals surface area contributed by atoms with Gasteiger partial charge in [-0.15, -0.1) is 0 Å². The van der Waals surface area contributed by atoms with Crippen LogP contribution in [0.3, 0.4) is 0 Å². The van der Waals surface area contributed by atoms with Crippen molar-refractivity contribution in [1.29, 1.82) is 0 Å². The van der Waals surface area contributed by atoms with Crippen molar-refractivity contribution in [3.63, 3.8) is 0 Å². The summed E-state index contributed by atoms with van der Waals surface area (Å²) in [5.41, 5.74) is 3.76. The molecular weight excluding hydrogens is 427 g/mol. The van der Waals surface area contributed by atoms with E-state index in [1.54, 1.807) is 11.0 Å². The van der Waals surface area contributed by atoms with Gasteiger partial charge in [-0.1, -0.05) is 61.5 Å². The first-order valence-corrected chi connectivity index (χ1v) is 11.9. The molecule has 2 aliphatic rings. The molecule has 2 heterocycles. The van der Waals surface area contributed by atoms with Crippen LogP contribution < -0.4 is 9.80 Å². The first-order chi connectivity index (χ1) is 16.6. The Balaban J connectivity index is 1.41. The monoisotopic (exact) mass is 456 g/mol. The Morgan fingerprint density at radius 3 is 2.26 bits per heavy atom. The van der Waals surface area contributed by atoms with Gasteiger partial charge in [-0.05, 0) is 41.8 Å². The molecule has 0 saturated carbocycles. The van der Waals surface area contributed by atoms with Crippen molar-refractivity contribution in [2.24, 2.45) is 4.99 Å². The van der Waals surface area contributed by atoms with Crippen molar-refractivity contribution in [1.82, 2.24) is 4.90 Å². The number of hydrogen-bond donors (Lipinski definition) is 0. The van der Waals surface area contributed by atoms with E-state index >= 15 is 0 Å². The van der Waals surface area contributed by atoms with E-state index in [1.807, 2.05) is 54.6 Å². The van der Waals surface area contributed by atoms with E-state index in [0.29, 0.717) is 44.2 Å². The van der Waals surface area contributed by atoms with Gasteiger partial charge in [0.2, 0.25) is 5.96 Å². The minimum absolute atomic E-state index is 0.00337. The van der Waals surface area contributed by atoms with Crippen LogP contribution >= 0.6 is 0 Å². The molecule has 0 bridgehead atoms. The molecule has 5 nitrogen and oxygen atoms in total. The van der Waals surface area contributed by atoms with E-state index < -0.39 is 6.04 Å². The van der Waals surface area contributed by atoms with Gasteiger partial charge in [0.15, 0.2) is 0 Å². The van der Waals surface area contributed by atoms with Crippen LogP contribution in [0.5, 0.6) is 0 Å². The van der Waals surface area contributed by atoms with Crippen LogP contribution in [0, 0.1) is 5.82 Å². The van der Waals surface area contributed by atoms with Gasteiger partial charge >= 0.3 is 0 Å². The highest BCUT2D eigenvalue weighted by atomic mass is 19.1. The van der Waals surface area contributed by atoms with Gasteiger partial charge in [-0.2, -0.15) is 0 Å². The Morgan fingerprint density at radius 1 is 0.853 bits per heavy atom. The quantitative estimate of drug-likeness (QED) is 0.567. The van der Waals surface area contributed by atoms with Crippen LogP contribution in [0.2, 0.25) is 0 Å². The summed E-state index contributed by atoms with van der Waals surface area (Å²) in [6.07, 6.45) is 1.47. The Kier molecular flexibility index (Phi) is 6.30. The summed E-state index contributed by atoms with van der Waals surface area (Å²) in [7, 11) is 0. The fourth-order valence-electron chi connectivity index (χ4n) is 4.71. The molecule has 3 aromatic carbocycles. The van der Waals surface area contributed by atoms with Gasteiger partial charge in [0, 0.05) is 32.6 Å². The van der Waals surface area contributed by atoms with Gasteiger partial charge in [-0.3, -0.25) is 4.79 Å². The van der Waals surface area contributed by atoms with Crippen molar-refractivity contribution in [2.45, 2.75) is 25.8 Å². The third kappa shape index (κ3) is 4.40. The molecule has 0 N–H and O–H groups in total. The molecule has 1 amide bonds. The van der Waals surface area contributed by atoms with Gasteiger partial charge in [0.1, 0.15) is 11.9 Å². The number of benzene rings is 3. The molecule has 5 rings (SSSR count). The number of carbonyl (C=O) groups excluding carboxylic acids is 1. The number of hydrogen-bond acceptors (Lipinski definition) is 4. The highest BCUT2D eigenvalue weighted by Crippen LogP contribution is 2.28. The average Bonchev–Trinajstić information content (AvgIpc) is 3.21. The molecule has 1 atom stereocenters. The summed E-state index contributed by atoms with van der Waals surface area (Å²) in [6.45, 7) is 4.78. The number of halogens is 1. The molecule has 0 spiro atoms. The summed E-state index contributed by atoms with van der Waals surface area (Å²) < 4.78 is 14.3. The number of rotatable bonds is 5. The van der Waals surface area contributed by atoms with E-state index in [9.17, 15) is 9.18 Å². The number of guanidine groups is 1. The van der Waals surface area contributed by atoms with Gasteiger partial charge < -0.3 is 9.80 Å². The number of para-hydroxylation sites is 1. The molecule has 3 aromatic rings. The lowest BCUT2D eigenvalue weighted by Gasteiger charge is -2.38.